The van der Waals surface area contributed by atoms with Crippen molar-refractivity contribution in [1.29, 1.82) is 0 Å². The van der Waals surface area contributed by atoms with E-state index in [4.69, 9.17) is 0 Å². The van der Waals surface area contributed by atoms with E-state index < -0.39 is 15.0 Å². The second-order valence-electron chi connectivity index (χ2n) is 10.3. The number of carbonyl (C=O) groups is 2. The zero-order valence-electron chi connectivity index (χ0n) is 22.2. The standard InChI is InChI=1S/C26H32O3S.C3H6O2/c1-7-24(27)30(28,29)21-11-8-19(9-12-21)16-18(2)20-10-13-22-23(17-20)26(5,6)15-14-25(22,3)4;1-3(4)5-2/h8-13,16-17H,7,14-15H2,1-6H3;1-2H3. The van der Waals surface area contributed by atoms with Gasteiger partial charge in [0.25, 0.3) is 5.12 Å². The molecule has 0 saturated heterocycles. The highest BCUT2D eigenvalue weighted by molar-refractivity contribution is 8.06. The highest BCUT2D eigenvalue weighted by Crippen LogP contribution is 2.46. The summed E-state index contributed by atoms with van der Waals surface area (Å²) in [6.07, 6.45) is 4.40. The van der Waals surface area contributed by atoms with Crippen LogP contribution in [-0.2, 0) is 35.0 Å². The smallest absolute Gasteiger partial charge is 0.302 e. The summed E-state index contributed by atoms with van der Waals surface area (Å²) in [6, 6.07) is 13.3. The van der Waals surface area contributed by atoms with E-state index in [0.29, 0.717) is 0 Å². The molecule has 0 heterocycles. The quantitative estimate of drug-likeness (QED) is 0.356. The van der Waals surface area contributed by atoms with E-state index in [9.17, 15) is 18.0 Å². The molecule has 3 rings (SSSR count). The molecule has 0 N–H and O–H groups in total. The summed E-state index contributed by atoms with van der Waals surface area (Å²) >= 11 is 0. The number of methoxy groups -OCH3 is 1. The summed E-state index contributed by atoms with van der Waals surface area (Å²) in [4.78, 5) is 21.3. The van der Waals surface area contributed by atoms with Gasteiger partial charge in [0.15, 0.2) is 0 Å². The van der Waals surface area contributed by atoms with Crippen LogP contribution in [0, 0.1) is 0 Å². The second-order valence-corrected chi connectivity index (χ2v) is 12.3. The van der Waals surface area contributed by atoms with Crippen molar-refractivity contribution in [2.24, 2.45) is 0 Å². The summed E-state index contributed by atoms with van der Waals surface area (Å²) in [6.45, 7) is 14.3. The summed E-state index contributed by atoms with van der Waals surface area (Å²) in [7, 11) is -2.53. The van der Waals surface area contributed by atoms with Crippen molar-refractivity contribution in [3.63, 3.8) is 0 Å². The van der Waals surface area contributed by atoms with Gasteiger partial charge in [0.05, 0.1) is 12.0 Å². The number of benzene rings is 2. The number of fused-ring (bicyclic) bond motifs is 1. The van der Waals surface area contributed by atoms with Crippen molar-refractivity contribution in [2.75, 3.05) is 7.11 Å². The summed E-state index contributed by atoms with van der Waals surface area (Å²) in [5, 5.41) is -0.749. The van der Waals surface area contributed by atoms with Gasteiger partial charge in [-0.1, -0.05) is 71.0 Å². The molecule has 1 aliphatic rings. The minimum absolute atomic E-state index is 0.0193. The lowest BCUT2D eigenvalue weighted by molar-refractivity contribution is -0.137. The maximum atomic E-state index is 12.2. The maximum absolute atomic E-state index is 12.2. The van der Waals surface area contributed by atoms with Crippen LogP contribution in [-0.4, -0.2) is 26.6 Å². The van der Waals surface area contributed by atoms with Crippen LogP contribution in [0.15, 0.2) is 47.4 Å². The number of hydrogen-bond donors (Lipinski definition) is 0. The second kappa shape index (κ2) is 10.9. The Labute approximate surface area is 210 Å². The monoisotopic (exact) mass is 498 g/mol. The van der Waals surface area contributed by atoms with E-state index in [-0.39, 0.29) is 28.1 Å². The average molecular weight is 499 g/mol. The molecule has 0 aliphatic heterocycles. The van der Waals surface area contributed by atoms with Crippen LogP contribution in [0.1, 0.15) is 90.0 Å². The molecule has 0 aromatic heterocycles. The SMILES string of the molecule is CCC(=O)S(=O)(=O)c1ccc(C=C(C)c2ccc3c(c2)C(C)(C)CCC3(C)C)cc1.COC(C)=O. The number of esters is 1. The van der Waals surface area contributed by atoms with E-state index in [1.54, 1.807) is 19.1 Å². The van der Waals surface area contributed by atoms with Gasteiger partial charge in [0.1, 0.15) is 0 Å². The van der Waals surface area contributed by atoms with Crippen LogP contribution in [0.4, 0.5) is 0 Å². The van der Waals surface area contributed by atoms with Crippen LogP contribution in [0.5, 0.6) is 0 Å². The molecule has 0 fully saturated rings. The van der Waals surface area contributed by atoms with Crippen LogP contribution >= 0.6 is 0 Å². The molecule has 190 valence electrons. The van der Waals surface area contributed by atoms with Crippen molar-refractivity contribution < 1.29 is 22.7 Å². The normalized spacial score (nSPS) is 16.4. The van der Waals surface area contributed by atoms with Gasteiger partial charge < -0.3 is 4.74 Å². The molecule has 0 saturated carbocycles. The van der Waals surface area contributed by atoms with Crippen molar-refractivity contribution in [3.8, 4) is 0 Å². The lowest BCUT2D eigenvalue weighted by atomic mass is 9.63. The predicted molar refractivity (Wildman–Crippen MR) is 142 cm³/mol. The predicted octanol–water partition coefficient (Wildman–Crippen LogP) is 6.49. The molecule has 0 spiro atoms. The fourth-order valence-corrected chi connectivity index (χ4v) is 5.37. The average Bonchev–Trinajstić information content (AvgIpc) is 2.82. The maximum Gasteiger partial charge on any atom is 0.302 e. The number of hydrogen-bond acceptors (Lipinski definition) is 5. The lowest BCUT2D eigenvalue weighted by Gasteiger charge is -2.42. The highest BCUT2D eigenvalue weighted by atomic mass is 32.2. The zero-order valence-corrected chi connectivity index (χ0v) is 23.0. The topological polar surface area (TPSA) is 77.5 Å². The molecule has 2 aromatic carbocycles. The third-order valence-electron chi connectivity index (χ3n) is 6.76. The van der Waals surface area contributed by atoms with Crippen molar-refractivity contribution in [3.05, 3.63) is 64.7 Å². The molecule has 0 bridgehead atoms. The molecule has 2 aromatic rings. The number of carbonyl (C=O) groups excluding carboxylic acids is 2. The van der Waals surface area contributed by atoms with Gasteiger partial charge in [0, 0.05) is 13.3 Å². The Kier molecular flexibility index (Phi) is 8.88. The minimum atomic E-state index is -3.88. The van der Waals surface area contributed by atoms with Gasteiger partial charge in [0.2, 0.25) is 9.84 Å². The Hall–Kier alpha value is -2.73. The molecule has 0 atom stereocenters. The van der Waals surface area contributed by atoms with Crippen LogP contribution < -0.4 is 0 Å². The first-order chi connectivity index (χ1) is 16.2. The Morgan fingerprint density at radius 2 is 1.43 bits per heavy atom. The fourth-order valence-electron chi connectivity index (χ4n) is 4.23. The highest BCUT2D eigenvalue weighted by Gasteiger charge is 2.36. The summed E-state index contributed by atoms with van der Waals surface area (Å²) in [5.41, 5.74) is 6.41. The first-order valence-electron chi connectivity index (χ1n) is 11.9. The number of ether oxygens (including phenoxy) is 1. The Morgan fingerprint density at radius 1 is 0.914 bits per heavy atom. The van der Waals surface area contributed by atoms with Gasteiger partial charge >= 0.3 is 5.97 Å². The third kappa shape index (κ3) is 6.69. The first kappa shape index (κ1) is 28.5. The van der Waals surface area contributed by atoms with Crippen molar-refractivity contribution in [1.82, 2.24) is 0 Å². The Balaban J connectivity index is 0.000000784. The van der Waals surface area contributed by atoms with Crippen molar-refractivity contribution >= 4 is 32.6 Å². The molecule has 0 radical (unpaired) electrons. The molecule has 6 heteroatoms. The van der Waals surface area contributed by atoms with Gasteiger partial charge in [-0.15, -0.1) is 0 Å². The van der Waals surface area contributed by atoms with Gasteiger partial charge in [-0.2, -0.15) is 0 Å². The van der Waals surface area contributed by atoms with E-state index in [2.05, 4.69) is 63.6 Å². The molecule has 1 aliphatic carbocycles. The van der Waals surface area contributed by atoms with Crippen LogP contribution in [0.3, 0.4) is 0 Å². The number of allylic oxidation sites excluding steroid dienone is 1. The largest absolute Gasteiger partial charge is 0.469 e. The van der Waals surface area contributed by atoms with Gasteiger partial charge in [-0.05, 0) is 70.6 Å². The first-order valence-corrected chi connectivity index (χ1v) is 13.4. The molecular weight excluding hydrogens is 460 g/mol. The molecule has 0 unspecified atom stereocenters. The van der Waals surface area contributed by atoms with E-state index in [0.717, 1.165) is 11.1 Å². The summed E-state index contributed by atoms with van der Waals surface area (Å²) < 4.78 is 28.5. The van der Waals surface area contributed by atoms with Gasteiger partial charge in [-0.3, -0.25) is 9.59 Å². The summed E-state index contributed by atoms with van der Waals surface area (Å²) in [5.74, 6) is -0.245. The lowest BCUT2D eigenvalue weighted by Crippen LogP contribution is -2.33. The molecular formula is C29H38O5S. The molecule has 0 amide bonds. The van der Waals surface area contributed by atoms with E-state index in [1.807, 2.05) is 0 Å². The Bertz CT molecular complexity index is 1220. The van der Waals surface area contributed by atoms with Crippen LogP contribution in [0.2, 0.25) is 0 Å². The minimum Gasteiger partial charge on any atom is -0.469 e. The molecule has 35 heavy (non-hydrogen) atoms. The molecule has 5 nitrogen and oxygen atoms in total. The third-order valence-corrected chi connectivity index (χ3v) is 8.54. The van der Waals surface area contributed by atoms with E-state index >= 15 is 0 Å². The zero-order chi connectivity index (χ0) is 26.6. The fraction of sp³-hybridized carbons (Fsp3) is 0.448. The van der Waals surface area contributed by atoms with Gasteiger partial charge in [-0.25, -0.2) is 8.42 Å². The van der Waals surface area contributed by atoms with Crippen molar-refractivity contribution in [2.45, 2.75) is 83.5 Å². The van der Waals surface area contributed by atoms with E-state index in [1.165, 1.54) is 55.7 Å². The number of sulfone groups is 1. The van der Waals surface area contributed by atoms with Crippen LogP contribution in [0.25, 0.3) is 11.6 Å². The number of rotatable bonds is 4. The Morgan fingerprint density at radius 3 is 1.91 bits per heavy atom.